The number of ether oxygens (including phenoxy) is 1. The average Bonchev–Trinajstić information content (AvgIpc) is 2.32. The highest BCUT2D eigenvalue weighted by molar-refractivity contribution is 7.92. The molecule has 0 aliphatic rings. The maximum atomic E-state index is 11.8. The van der Waals surface area contributed by atoms with Crippen LogP contribution in [0.1, 0.15) is 17.5 Å². The summed E-state index contributed by atoms with van der Waals surface area (Å²) in [4.78, 5) is 0. The first-order chi connectivity index (χ1) is 8.48. The normalized spacial score (nSPS) is 10.9. The lowest BCUT2D eigenvalue weighted by Gasteiger charge is -2.10. The number of hydrogen-bond donors (Lipinski definition) is 1. The smallest absolute Gasteiger partial charge is 0.232 e. The molecular formula is C12H16N2O3S. The summed E-state index contributed by atoms with van der Waals surface area (Å²) in [5, 5.41) is 8.78. The van der Waals surface area contributed by atoms with Crippen molar-refractivity contribution in [3.8, 4) is 6.07 Å². The standard InChI is InChI=1S/C12H16N2O3S/c1-10-4-5-11(9-13)8-12(10)14-18(15,16)7-3-6-17-2/h4-5,8,14H,3,6-7H2,1-2H3. The van der Waals surface area contributed by atoms with E-state index >= 15 is 0 Å². The molecule has 1 rings (SSSR count). The third-order valence-electron chi connectivity index (χ3n) is 2.39. The molecule has 0 radical (unpaired) electrons. The van der Waals surface area contributed by atoms with Crippen molar-refractivity contribution in [2.24, 2.45) is 0 Å². The Morgan fingerprint density at radius 3 is 2.78 bits per heavy atom. The molecule has 0 unspecified atom stereocenters. The minimum Gasteiger partial charge on any atom is -0.385 e. The fourth-order valence-corrected chi connectivity index (χ4v) is 2.57. The fourth-order valence-electron chi connectivity index (χ4n) is 1.41. The molecule has 0 bridgehead atoms. The Kier molecular flexibility index (Phi) is 5.13. The van der Waals surface area contributed by atoms with Gasteiger partial charge in [-0.25, -0.2) is 8.42 Å². The lowest BCUT2D eigenvalue weighted by molar-refractivity contribution is 0.199. The van der Waals surface area contributed by atoms with E-state index in [4.69, 9.17) is 10.00 Å². The highest BCUT2D eigenvalue weighted by Gasteiger charge is 2.11. The van der Waals surface area contributed by atoms with Crippen molar-refractivity contribution in [2.75, 3.05) is 24.2 Å². The summed E-state index contributed by atoms with van der Waals surface area (Å²) in [5.74, 6) is -0.00292. The van der Waals surface area contributed by atoms with Crippen LogP contribution in [-0.2, 0) is 14.8 Å². The third-order valence-corrected chi connectivity index (χ3v) is 3.75. The topological polar surface area (TPSA) is 79.2 Å². The Labute approximate surface area is 107 Å². The summed E-state index contributed by atoms with van der Waals surface area (Å²) in [6.07, 6.45) is 0.433. The van der Waals surface area contributed by atoms with Crippen LogP contribution in [0.3, 0.4) is 0 Å². The Morgan fingerprint density at radius 2 is 2.17 bits per heavy atom. The van der Waals surface area contributed by atoms with E-state index in [1.165, 1.54) is 13.2 Å². The average molecular weight is 268 g/mol. The first-order valence-corrected chi connectivity index (χ1v) is 7.14. The van der Waals surface area contributed by atoms with Gasteiger partial charge in [-0.2, -0.15) is 5.26 Å². The maximum Gasteiger partial charge on any atom is 0.232 e. The Hall–Kier alpha value is -1.58. The van der Waals surface area contributed by atoms with Crippen molar-refractivity contribution in [1.29, 1.82) is 5.26 Å². The minimum atomic E-state index is -3.39. The number of nitrogens with one attached hydrogen (secondary N) is 1. The highest BCUT2D eigenvalue weighted by Crippen LogP contribution is 2.18. The molecule has 0 saturated heterocycles. The van der Waals surface area contributed by atoms with E-state index < -0.39 is 10.0 Å². The van der Waals surface area contributed by atoms with E-state index in [9.17, 15) is 8.42 Å². The molecule has 1 aromatic carbocycles. The minimum absolute atomic E-state index is 0.00292. The second-order valence-electron chi connectivity index (χ2n) is 3.91. The van der Waals surface area contributed by atoms with Crippen LogP contribution >= 0.6 is 0 Å². The van der Waals surface area contributed by atoms with Crippen LogP contribution in [0, 0.1) is 18.3 Å². The van der Waals surface area contributed by atoms with Gasteiger partial charge in [0.1, 0.15) is 0 Å². The summed E-state index contributed by atoms with van der Waals surface area (Å²) in [6, 6.07) is 6.87. The number of rotatable bonds is 6. The van der Waals surface area contributed by atoms with Crippen molar-refractivity contribution in [3.63, 3.8) is 0 Å². The SMILES string of the molecule is COCCCS(=O)(=O)Nc1cc(C#N)ccc1C. The number of sulfonamides is 1. The van der Waals surface area contributed by atoms with E-state index in [2.05, 4.69) is 4.72 Å². The van der Waals surface area contributed by atoms with Crippen molar-refractivity contribution < 1.29 is 13.2 Å². The molecule has 0 spiro atoms. The number of nitrogens with zero attached hydrogens (tertiary/aromatic N) is 1. The van der Waals surface area contributed by atoms with E-state index in [1.54, 1.807) is 19.1 Å². The zero-order valence-electron chi connectivity index (χ0n) is 10.4. The molecule has 1 N–H and O–H groups in total. The quantitative estimate of drug-likeness (QED) is 0.795. The Balaban J connectivity index is 2.81. The number of nitriles is 1. The number of aryl methyl sites for hydroxylation is 1. The zero-order valence-corrected chi connectivity index (χ0v) is 11.3. The lowest BCUT2D eigenvalue weighted by Crippen LogP contribution is -2.18. The van der Waals surface area contributed by atoms with Gasteiger partial charge in [0.05, 0.1) is 23.1 Å². The van der Waals surface area contributed by atoms with Gasteiger partial charge in [-0.1, -0.05) is 6.07 Å². The molecule has 0 aliphatic heterocycles. The first kappa shape index (κ1) is 14.5. The van der Waals surface area contributed by atoms with Gasteiger partial charge in [0.15, 0.2) is 0 Å². The number of anilines is 1. The van der Waals surface area contributed by atoms with Gasteiger partial charge < -0.3 is 4.74 Å². The van der Waals surface area contributed by atoms with E-state index in [1.807, 2.05) is 6.07 Å². The summed E-state index contributed by atoms with van der Waals surface area (Å²) >= 11 is 0. The fraction of sp³-hybridized carbons (Fsp3) is 0.417. The molecule has 18 heavy (non-hydrogen) atoms. The molecule has 0 heterocycles. The molecule has 98 valence electrons. The van der Waals surface area contributed by atoms with Crippen LogP contribution in [0.4, 0.5) is 5.69 Å². The second kappa shape index (κ2) is 6.38. The van der Waals surface area contributed by atoms with Crippen LogP contribution < -0.4 is 4.72 Å². The van der Waals surface area contributed by atoms with Gasteiger partial charge in [0, 0.05) is 13.7 Å². The van der Waals surface area contributed by atoms with Crippen LogP contribution in [-0.4, -0.2) is 27.9 Å². The van der Waals surface area contributed by atoms with Gasteiger partial charge in [0.2, 0.25) is 10.0 Å². The van der Waals surface area contributed by atoms with Crippen LogP contribution in [0.2, 0.25) is 0 Å². The number of benzene rings is 1. The van der Waals surface area contributed by atoms with Crippen LogP contribution in [0.5, 0.6) is 0 Å². The van der Waals surface area contributed by atoms with E-state index in [-0.39, 0.29) is 5.75 Å². The van der Waals surface area contributed by atoms with Gasteiger partial charge in [-0.05, 0) is 31.0 Å². The van der Waals surface area contributed by atoms with Crippen molar-refractivity contribution in [1.82, 2.24) is 0 Å². The van der Waals surface area contributed by atoms with Crippen LogP contribution in [0.25, 0.3) is 0 Å². The molecule has 0 amide bonds. The predicted molar refractivity (Wildman–Crippen MR) is 69.8 cm³/mol. The van der Waals surface area contributed by atoms with E-state index in [0.717, 1.165) is 5.56 Å². The van der Waals surface area contributed by atoms with Crippen molar-refractivity contribution in [2.45, 2.75) is 13.3 Å². The second-order valence-corrected chi connectivity index (χ2v) is 5.75. The molecule has 1 aromatic rings. The molecular weight excluding hydrogens is 252 g/mol. The summed E-state index contributed by atoms with van der Waals surface area (Å²) in [5.41, 5.74) is 1.66. The van der Waals surface area contributed by atoms with Crippen molar-refractivity contribution >= 4 is 15.7 Å². The number of hydrogen-bond acceptors (Lipinski definition) is 4. The van der Waals surface area contributed by atoms with Crippen LogP contribution in [0.15, 0.2) is 18.2 Å². The van der Waals surface area contributed by atoms with Gasteiger partial charge in [0.25, 0.3) is 0 Å². The van der Waals surface area contributed by atoms with E-state index in [0.29, 0.717) is 24.3 Å². The Bertz CT molecular complexity index is 547. The monoisotopic (exact) mass is 268 g/mol. The molecule has 0 fully saturated rings. The largest absolute Gasteiger partial charge is 0.385 e. The summed E-state index contributed by atoms with van der Waals surface area (Å²) < 4.78 is 30.9. The molecule has 5 nitrogen and oxygen atoms in total. The maximum absolute atomic E-state index is 11.8. The lowest BCUT2D eigenvalue weighted by atomic mass is 10.1. The summed E-state index contributed by atoms with van der Waals surface area (Å²) in [7, 11) is -1.87. The first-order valence-electron chi connectivity index (χ1n) is 5.48. The van der Waals surface area contributed by atoms with Gasteiger partial charge >= 0.3 is 0 Å². The molecule has 0 aliphatic carbocycles. The molecule has 0 atom stereocenters. The summed E-state index contributed by atoms with van der Waals surface area (Å²) in [6.45, 7) is 2.19. The third kappa shape index (κ3) is 4.35. The van der Waals surface area contributed by atoms with Gasteiger partial charge in [-0.3, -0.25) is 4.72 Å². The Morgan fingerprint density at radius 1 is 1.44 bits per heavy atom. The van der Waals surface area contributed by atoms with Crippen molar-refractivity contribution in [3.05, 3.63) is 29.3 Å². The predicted octanol–water partition coefficient (Wildman–Crippen LogP) is 1.64. The zero-order chi connectivity index (χ0) is 13.6. The molecule has 0 saturated carbocycles. The molecule has 6 heteroatoms. The van der Waals surface area contributed by atoms with Gasteiger partial charge in [-0.15, -0.1) is 0 Å². The number of methoxy groups -OCH3 is 1. The molecule has 0 aromatic heterocycles. The highest BCUT2D eigenvalue weighted by atomic mass is 32.2.